The van der Waals surface area contributed by atoms with Gasteiger partial charge < -0.3 is 15.1 Å². The summed E-state index contributed by atoms with van der Waals surface area (Å²) in [7, 11) is -4.24. The second-order valence-electron chi connectivity index (χ2n) is 7.82. The second-order valence-corrected chi connectivity index (χ2v) is 11.0. The normalized spacial score (nSPS) is 18.2. The second kappa shape index (κ2) is 8.60. The van der Waals surface area contributed by atoms with Crippen molar-refractivity contribution in [1.29, 1.82) is 0 Å². The quantitative estimate of drug-likeness (QED) is 0.674. The molecule has 1 fully saturated rings. The minimum absolute atomic E-state index is 0.0348. The predicted octanol–water partition coefficient (Wildman–Crippen LogP) is 1.52. The Balaban J connectivity index is 1.43. The highest BCUT2D eigenvalue weighted by Gasteiger charge is 2.31. The number of sulfonamides is 2. The third-order valence-electron chi connectivity index (χ3n) is 5.35. The van der Waals surface area contributed by atoms with Crippen molar-refractivity contribution < 1.29 is 21.6 Å². The number of amides is 1. The van der Waals surface area contributed by atoms with Crippen molar-refractivity contribution in [1.82, 2.24) is 9.80 Å². The third-order valence-corrected chi connectivity index (χ3v) is 7.99. The number of anilines is 1. The summed E-state index contributed by atoms with van der Waals surface area (Å²) in [5, 5.41) is 2.68. The van der Waals surface area contributed by atoms with Crippen LogP contribution in [0.2, 0.25) is 0 Å². The van der Waals surface area contributed by atoms with Crippen LogP contribution in [0.4, 0.5) is 5.69 Å². The van der Waals surface area contributed by atoms with E-state index in [1.165, 1.54) is 35.2 Å². The van der Waals surface area contributed by atoms with Crippen molar-refractivity contribution >= 4 is 43.3 Å². The summed E-state index contributed by atoms with van der Waals surface area (Å²) < 4.78 is 57.2. The van der Waals surface area contributed by atoms with E-state index in [1.807, 2.05) is 11.9 Å². The maximum absolute atomic E-state index is 12.5. The molecule has 2 aromatic rings. The lowest BCUT2D eigenvalue weighted by Gasteiger charge is -2.18. The molecule has 0 bridgehead atoms. The summed E-state index contributed by atoms with van der Waals surface area (Å²) in [4.78, 5) is 15.9. The first-order valence-corrected chi connectivity index (χ1v) is 13.1. The number of nitrogens with zero attached hydrogens (tertiary/aromatic N) is 4. The maximum atomic E-state index is 12.5. The highest BCUT2D eigenvalue weighted by molar-refractivity contribution is 7.91. The topological polar surface area (TPSA) is 129 Å². The van der Waals surface area contributed by atoms with Crippen molar-refractivity contribution in [2.24, 2.45) is 8.80 Å². The largest absolute Gasteiger partial charge is 0.362 e. The molecule has 4 rings (SSSR count). The Bertz CT molecular complexity index is 1370. The van der Waals surface area contributed by atoms with Crippen LogP contribution >= 0.6 is 0 Å². The average molecular weight is 490 g/mol. The van der Waals surface area contributed by atoms with E-state index in [4.69, 9.17) is 0 Å². The van der Waals surface area contributed by atoms with Crippen LogP contribution in [-0.4, -0.2) is 71.4 Å². The first-order chi connectivity index (χ1) is 15.6. The van der Waals surface area contributed by atoms with Gasteiger partial charge in [0, 0.05) is 38.3 Å². The highest BCUT2D eigenvalue weighted by atomic mass is 32.2. The Morgan fingerprint density at radius 1 is 1.18 bits per heavy atom. The Morgan fingerprint density at radius 2 is 1.88 bits per heavy atom. The van der Waals surface area contributed by atoms with Gasteiger partial charge in [0.1, 0.15) is 10.7 Å². The van der Waals surface area contributed by atoms with E-state index in [9.17, 15) is 21.6 Å². The molecule has 0 aliphatic carbocycles. The van der Waals surface area contributed by atoms with E-state index in [-0.39, 0.29) is 22.2 Å². The summed E-state index contributed by atoms with van der Waals surface area (Å²) >= 11 is 0. The van der Waals surface area contributed by atoms with Crippen LogP contribution < -0.4 is 5.32 Å². The van der Waals surface area contributed by atoms with Gasteiger partial charge in [0.2, 0.25) is 5.91 Å². The molecule has 10 nitrogen and oxygen atoms in total. The van der Waals surface area contributed by atoms with Crippen molar-refractivity contribution in [3.63, 3.8) is 0 Å². The number of likely N-dealkylation sites (N-methyl/N-ethyl adjacent to an activating group) is 1. The zero-order valence-corrected chi connectivity index (χ0v) is 19.7. The molecule has 0 aromatic heterocycles. The molecule has 1 saturated heterocycles. The number of likely N-dealkylation sites (tertiary alicyclic amines) is 1. The number of nitrogens with one attached hydrogen (secondary N) is 1. The van der Waals surface area contributed by atoms with E-state index >= 15 is 0 Å². The van der Waals surface area contributed by atoms with Gasteiger partial charge in [0.05, 0.1) is 11.4 Å². The van der Waals surface area contributed by atoms with Crippen molar-refractivity contribution in [3.8, 4) is 0 Å². The van der Waals surface area contributed by atoms with Crippen molar-refractivity contribution in [2.45, 2.75) is 22.6 Å². The van der Waals surface area contributed by atoms with Gasteiger partial charge in [0.25, 0.3) is 20.0 Å². The van der Waals surface area contributed by atoms with Gasteiger partial charge in [-0.3, -0.25) is 4.79 Å². The molecule has 2 aliphatic rings. The number of carbonyl (C=O) groups excluding carboxylic acids is 1. The summed E-state index contributed by atoms with van der Waals surface area (Å²) in [6, 6.07) is 12.2. The van der Waals surface area contributed by atoms with Crippen LogP contribution in [0.3, 0.4) is 0 Å². The summed E-state index contributed by atoms with van der Waals surface area (Å²) in [6.45, 7) is 0.625. The Morgan fingerprint density at radius 3 is 2.55 bits per heavy atom. The van der Waals surface area contributed by atoms with E-state index in [2.05, 4.69) is 14.1 Å². The molecule has 0 unspecified atom stereocenters. The van der Waals surface area contributed by atoms with Gasteiger partial charge >= 0.3 is 0 Å². The van der Waals surface area contributed by atoms with Crippen LogP contribution in [-0.2, 0) is 24.8 Å². The molecular weight excluding hydrogens is 466 g/mol. The Hall–Kier alpha value is -3.25. The number of hydrogen-bond donors (Lipinski definition) is 1. The number of amidine groups is 2. The SMILES string of the molecule is CN(CC(=O)Nc1ccc(S(=O)(=O)/N=C2/CCCN2C)cc1)C1=NS(=O)(=O)c2ccccc21. The molecular formula is C21H23N5O5S2. The molecule has 0 atom stereocenters. The fourth-order valence-corrected chi connectivity index (χ4v) is 6.01. The molecule has 1 N–H and O–H groups in total. The number of hydrogen-bond acceptors (Lipinski definition) is 6. The van der Waals surface area contributed by atoms with Gasteiger partial charge in [-0.15, -0.1) is 8.80 Å². The Kier molecular flexibility index (Phi) is 5.97. The molecule has 12 heteroatoms. The first-order valence-electron chi connectivity index (χ1n) is 10.2. The van der Waals surface area contributed by atoms with Crippen LogP contribution in [0, 0.1) is 0 Å². The lowest BCUT2D eigenvalue weighted by atomic mass is 10.2. The number of carbonyl (C=O) groups is 1. The Labute approximate surface area is 192 Å². The molecule has 33 heavy (non-hydrogen) atoms. The minimum Gasteiger partial charge on any atom is -0.362 e. The summed E-state index contributed by atoms with van der Waals surface area (Å²) in [6.07, 6.45) is 1.49. The summed E-state index contributed by atoms with van der Waals surface area (Å²) in [5.41, 5.74) is 0.844. The molecule has 0 saturated carbocycles. The molecule has 174 valence electrons. The zero-order chi connectivity index (χ0) is 23.8. The lowest BCUT2D eigenvalue weighted by Crippen LogP contribution is -2.34. The third kappa shape index (κ3) is 4.76. The van der Waals surface area contributed by atoms with Gasteiger partial charge in [-0.25, -0.2) is 0 Å². The standard InChI is InChI=1S/C21H23N5O5S2/c1-25-13-5-8-19(25)23-32(28,29)16-11-9-15(10-12-16)22-20(27)14-26(2)21-17-6-3-4-7-18(17)33(30,31)24-21/h3-4,6-7,9-12H,5,8,13-14H2,1-2H3,(H,22,27)/b23-19-. The van der Waals surface area contributed by atoms with E-state index in [0.717, 1.165) is 13.0 Å². The molecule has 0 spiro atoms. The average Bonchev–Trinajstić information content (AvgIpc) is 3.28. The summed E-state index contributed by atoms with van der Waals surface area (Å²) in [5.74, 6) is 0.317. The number of benzene rings is 2. The van der Waals surface area contributed by atoms with Gasteiger partial charge in [-0.1, -0.05) is 12.1 Å². The van der Waals surface area contributed by atoms with E-state index in [1.54, 1.807) is 25.2 Å². The molecule has 1 amide bonds. The van der Waals surface area contributed by atoms with Gasteiger partial charge in [0.15, 0.2) is 5.84 Å². The minimum atomic E-state index is -3.84. The van der Waals surface area contributed by atoms with Crippen LogP contribution in [0.1, 0.15) is 18.4 Å². The van der Waals surface area contributed by atoms with Gasteiger partial charge in [-0.05, 0) is 42.8 Å². The molecule has 2 heterocycles. The smallest absolute Gasteiger partial charge is 0.285 e. The predicted molar refractivity (Wildman–Crippen MR) is 124 cm³/mol. The zero-order valence-electron chi connectivity index (χ0n) is 18.1. The molecule has 2 aromatic carbocycles. The van der Waals surface area contributed by atoms with Crippen LogP contribution in [0.5, 0.6) is 0 Å². The first kappa shape index (κ1) is 22.9. The maximum Gasteiger partial charge on any atom is 0.285 e. The van der Waals surface area contributed by atoms with E-state index in [0.29, 0.717) is 23.5 Å². The fourth-order valence-electron chi connectivity index (χ4n) is 3.67. The number of rotatable bonds is 5. The highest BCUT2D eigenvalue weighted by Crippen LogP contribution is 2.27. The fraction of sp³-hybridized carbons (Fsp3) is 0.286. The monoisotopic (exact) mass is 489 g/mol. The van der Waals surface area contributed by atoms with E-state index < -0.39 is 26.0 Å². The van der Waals surface area contributed by atoms with Crippen LogP contribution in [0.25, 0.3) is 0 Å². The van der Waals surface area contributed by atoms with Gasteiger partial charge in [-0.2, -0.15) is 16.8 Å². The number of fused-ring (bicyclic) bond motifs is 1. The van der Waals surface area contributed by atoms with Crippen molar-refractivity contribution in [3.05, 3.63) is 54.1 Å². The lowest BCUT2D eigenvalue weighted by molar-refractivity contribution is -0.116. The van der Waals surface area contributed by atoms with Crippen LogP contribution in [0.15, 0.2) is 67.1 Å². The molecule has 2 aliphatic heterocycles. The molecule has 0 radical (unpaired) electrons. The van der Waals surface area contributed by atoms with Crippen molar-refractivity contribution in [2.75, 3.05) is 32.5 Å².